The maximum absolute atomic E-state index is 4.45. The van der Waals surface area contributed by atoms with Gasteiger partial charge in [0.2, 0.25) is 0 Å². The molecule has 0 spiro atoms. The highest BCUT2D eigenvalue weighted by Gasteiger charge is 2.04. The number of nitrogens with zero attached hydrogens (tertiary/aromatic N) is 4. The summed E-state index contributed by atoms with van der Waals surface area (Å²) >= 11 is 0. The van der Waals surface area contributed by atoms with Crippen molar-refractivity contribution in [2.24, 2.45) is 0 Å². The van der Waals surface area contributed by atoms with Gasteiger partial charge in [-0.25, -0.2) is 9.97 Å². The number of anilines is 1. The van der Waals surface area contributed by atoms with Crippen molar-refractivity contribution >= 4 is 5.82 Å². The highest BCUT2D eigenvalue weighted by molar-refractivity contribution is 5.61. The average molecular weight is 257 g/mol. The van der Waals surface area contributed by atoms with Crippen LogP contribution in [-0.4, -0.2) is 47.0 Å². The Kier molecular flexibility index (Phi) is 4.41. The summed E-state index contributed by atoms with van der Waals surface area (Å²) in [4.78, 5) is 15.1. The van der Waals surface area contributed by atoms with E-state index in [1.54, 1.807) is 6.20 Å². The summed E-state index contributed by atoms with van der Waals surface area (Å²) in [7, 11) is 4.10. The minimum absolute atomic E-state index is 0.758. The molecule has 0 fully saturated rings. The molecule has 2 aromatic heterocycles. The summed E-state index contributed by atoms with van der Waals surface area (Å²) in [5.74, 6) is 1.61. The molecule has 0 aromatic carbocycles. The standard InChI is InChI=1S/C14H19N5/c1-11-17-13(12-5-4-6-15-10-12)9-14(18-11)16-7-8-19(2)3/h4-6,9-10H,7-8H2,1-3H3,(H,16,17,18). The second kappa shape index (κ2) is 6.24. The zero-order valence-electron chi connectivity index (χ0n) is 11.6. The zero-order chi connectivity index (χ0) is 13.7. The van der Waals surface area contributed by atoms with E-state index in [0.29, 0.717) is 0 Å². The zero-order valence-corrected chi connectivity index (χ0v) is 11.6. The second-order valence-electron chi connectivity index (χ2n) is 4.66. The summed E-state index contributed by atoms with van der Waals surface area (Å²) in [6.45, 7) is 3.72. The Morgan fingerprint density at radius 1 is 1.26 bits per heavy atom. The van der Waals surface area contributed by atoms with Gasteiger partial charge in [-0.05, 0) is 33.2 Å². The molecule has 0 aliphatic heterocycles. The van der Waals surface area contributed by atoms with E-state index in [1.807, 2.05) is 45.4 Å². The van der Waals surface area contributed by atoms with E-state index < -0.39 is 0 Å². The quantitative estimate of drug-likeness (QED) is 0.885. The molecule has 0 saturated heterocycles. The van der Waals surface area contributed by atoms with Crippen LogP contribution in [0.2, 0.25) is 0 Å². The van der Waals surface area contributed by atoms with Gasteiger partial charge in [0.05, 0.1) is 5.69 Å². The van der Waals surface area contributed by atoms with E-state index in [-0.39, 0.29) is 0 Å². The first-order chi connectivity index (χ1) is 9.15. The van der Waals surface area contributed by atoms with Crippen molar-refractivity contribution in [3.8, 4) is 11.3 Å². The van der Waals surface area contributed by atoms with Gasteiger partial charge in [-0.15, -0.1) is 0 Å². The molecule has 0 aliphatic carbocycles. The number of hydrogen-bond acceptors (Lipinski definition) is 5. The van der Waals surface area contributed by atoms with Gasteiger partial charge in [0, 0.05) is 37.1 Å². The van der Waals surface area contributed by atoms with Crippen LogP contribution in [0.3, 0.4) is 0 Å². The molecular weight excluding hydrogens is 238 g/mol. The third kappa shape index (κ3) is 3.99. The summed E-state index contributed by atoms with van der Waals surface area (Å²) in [6, 6.07) is 5.87. The minimum Gasteiger partial charge on any atom is -0.369 e. The van der Waals surface area contributed by atoms with Crippen LogP contribution >= 0.6 is 0 Å². The van der Waals surface area contributed by atoms with E-state index >= 15 is 0 Å². The SMILES string of the molecule is Cc1nc(NCCN(C)C)cc(-c2cccnc2)n1. The van der Waals surface area contributed by atoms with Crippen LogP contribution in [-0.2, 0) is 0 Å². The summed E-state index contributed by atoms with van der Waals surface area (Å²) < 4.78 is 0. The molecular formula is C14H19N5. The van der Waals surface area contributed by atoms with Crippen LogP contribution in [0, 0.1) is 6.92 Å². The fourth-order valence-corrected chi connectivity index (χ4v) is 1.73. The topological polar surface area (TPSA) is 53.9 Å². The normalized spacial score (nSPS) is 10.7. The van der Waals surface area contributed by atoms with Crippen LogP contribution in [0.15, 0.2) is 30.6 Å². The molecule has 0 unspecified atom stereocenters. The van der Waals surface area contributed by atoms with Gasteiger partial charge in [0.15, 0.2) is 0 Å². The van der Waals surface area contributed by atoms with E-state index in [0.717, 1.165) is 36.0 Å². The predicted octanol–water partition coefficient (Wildman–Crippen LogP) is 1.82. The number of likely N-dealkylation sites (N-methyl/N-ethyl adjacent to an activating group) is 1. The first-order valence-corrected chi connectivity index (χ1v) is 6.30. The highest BCUT2D eigenvalue weighted by Crippen LogP contribution is 2.18. The van der Waals surface area contributed by atoms with Gasteiger partial charge in [0.1, 0.15) is 11.6 Å². The largest absolute Gasteiger partial charge is 0.369 e. The Morgan fingerprint density at radius 2 is 2.11 bits per heavy atom. The molecule has 0 bridgehead atoms. The molecule has 5 nitrogen and oxygen atoms in total. The van der Waals surface area contributed by atoms with Crippen molar-refractivity contribution in [1.82, 2.24) is 19.9 Å². The number of aromatic nitrogens is 3. The van der Waals surface area contributed by atoms with Crippen molar-refractivity contribution in [1.29, 1.82) is 0 Å². The monoisotopic (exact) mass is 257 g/mol. The maximum Gasteiger partial charge on any atom is 0.130 e. The van der Waals surface area contributed by atoms with E-state index in [2.05, 4.69) is 25.2 Å². The Hall–Kier alpha value is -2.01. The third-order valence-electron chi connectivity index (χ3n) is 2.66. The average Bonchev–Trinajstić information content (AvgIpc) is 2.39. The Morgan fingerprint density at radius 3 is 2.79 bits per heavy atom. The van der Waals surface area contributed by atoms with Crippen molar-refractivity contribution in [3.63, 3.8) is 0 Å². The van der Waals surface area contributed by atoms with Crippen molar-refractivity contribution in [3.05, 3.63) is 36.4 Å². The number of pyridine rings is 1. The number of nitrogens with one attached hydrogen (secondary N) is 1. The lowest BCUT2D eigenvalue weighted by molar-refractivity contribution is 0.425. The van der Waals surface area contributed by atoms with Gasteiger partial charge in [-0.1, -0.05) is 0 Å². The van der Waals surface area contributed by atoms with Gasteiger partial charge < -0.3 is 10.2 Å². The van der Waals surface area contributed by atoms with Crippen LogP contribution in [0.5, 0.6) is 0 Å². The Bertz CT molecular complexity index is 525. The molecule has 0 saturated carbocycles. The lowest BCUT2D eigenvalue weighted by atomic mass is 10.2. The molecule has 0 atom stereocenters. The maximum atomic E-state index is 4.45. The van der Waals surface area contributed by atoms with Gasteiger partial charge in [-0.2, -0.15) is 0 Å². The smallest absolute Gasteiger partial charge is 0.130 e. The lowest BCUT2D eigenvalue weighted by Gasteiger charge is -2.12. The molecule has 5 heteroatoms. The first kappa shape index (κ1) is 13.4. The van der Waals surface area contributed by atoms with E-state index in [1.165, 1.54) is 0 Å². The van der Waals surface area contributed by atoms with Crippen molar-refractivity contribution in [2.75, 3.05) is 32.5 Å². The third-order valence-corrected chi connectivity index (χ3v) is 2.66. The van der Waals surface area contributed by atoms with Crippen molar-refractivity contribution in [2.45, 2.75) is 6.92 Å². The first-order valence-electron chi connectivity index (χ1n) is 6.30. The molecule has 100 valence electrons. The van der Waals surface area contributed by atoms with Crippen LogP contribution in [0.25, 0.3) is 11.3 Å². The molecule has 0 aliphatic rings. The second-order valence-corrected chi connectivity index (χ2v) is 4.66. The van der Waals surface area contributed by atoms with Gasteiger partial charge in [-0.3, -0.25) is 4.98 Å². The van der Waals surface area contributed by atoms with Crippen LogP contribution in [0.1, 0.15) is 5.82 Å². The fraction of sp³-hybridized carbons (Fsp3) is 0.357. The minimum atomic E-state index is 0.758. The molecule has 0 radical (unpaired) electrons. The lowest BCUT2D eigenvalue weighted by Crippen LogP contribution is -2.21. The highest BCUT2D eigenvalue weighted by atomic mass is 15.1. The number of rotatable bonds is 5. The Balaban J connectivity index is 2.16. The molecule has 2 rings (SSSR count). The van der Waals surface area contributed by atoms with Crippen LogP contribution in [0.4, 0.5) is 5.82 Å². The summed E-state index contributed by atoms with van der Waals surface area (Å²) in [5.41, 5.74) is 1.90. The van der Waals surface area contributed by atoms with Gasteiger partial charge in [0.25, 0.3) is 0 Å². The van der Waals surface area contributed by atoms with E-state index in [4.69, 9.17) is 0 Å². The molecule has 2 aromatic rings. The Labute approximate surface area is 113 Å². The van der Waals surface area contributed by atoms with Crippen molar-refractivity contribution < 1.29 is 0 Å². The molecule has 19 heavy (non-hydrogen) atoms. The summed E-state index contributed by atoms with van der Waals surface area (Å²) in [5, 5.41) is 3.31. The number of hydrogen-bond donors (Lipinski definition) is 1. The van der Waals surface area contributed by atoms with E-state index in [9.17, 15) is 0 Å². The predicted molar refractivity (Wildman–Crippen MR) is 77.0 cm³/mol. The summed E-state index contributed by atoms with van der Waals surface area (Å²) in [6.07, 6.45) is 3.57. The molecule has 1 N–H and O–H groups in total. The molecule has 0 amide bonds. The fourth-order valence-electron chi connectivity index (χ4n) is 1.73. The molecule has 2 heterocycles. The number of aryl methyl sites for hydroxylation is 1. The van der Waals surface area contributed by atoms with Gasteiger partial charge >= 0.3 is 0 Å². The van der Waals surface area contributed by atoms with Crippen LogP contribution < -0.4 is 5.32 Å².